The number of nitrogens with one attached hydrogen (secondary N) is 1. The highest BCUT2D eigenvalue weighted by molar-refractivity contribution is 6.04. The molecule has 0 saturated heterocycles. The highest BCUT2D eigenvalue weighted by atomic mass is 16.5. The summed E-state index contributed by atoms with van der Waals surface area (Å²) in [5, 5.41) is 12.2. The van der Waals surface area contributed by atoms with Gasteiger partial charge < -0.3 is 19.9 Å². The van der Waals surface area contributed by atoms with Crippen LogP contribution in [0.15, 0.2) is 46.8 Å². The summed E-state index contributed by atoms with van der Waals surface area (Å²) in [4.78, 5) is 36.5. The molecule has 1 heterocycles. The van der Waals surface area contributed by atoms with Crippen molar-refractivity contribution in [2.45, 2.75) is 39.0 Å². The molecule has 0 bridgehead atoms. The molecule has 1 aromatic carbocycles. The maximum absolute atomic E-state index is 12.8. The van der Waals surface area contributed by atoms with Gasteiger partial charge in [-0.05, 0) is 32.8 Å². The molecule has 0 fully saturated rings. The highest BCUT2D eigenvalue weighted by Crippen LogP contribution is 2.45. The molecule has 0 spiro atoms. The smallest absolute Gasteiger partial charge is 0.341 e. The molecule has 0 unspecified atom stereocenters. The third-order valence-corrected chi connectivity index (χ3v) is 4.85. The number of carboxylic acids is 1. The average Bonchev–Trinajstić information content (AvgIpc) is 2.66. The van der Waals surface area contributed by atoms with Crippen molar-refractivity contribution in [3.05, 3.63) is 52.4 Å². The van der Waals surface area contributed by atoms with Crippen LogP contribution in [0.5, 0.6) is 5.75 Å². The van der Waals surface area contributed by atoms with Crippen molar-refractivity contribution < 1.29 is 29.0 Å². The van der Waals surface area contributed by atoms with E-state index in [0.29, 0.717) is 41.0 Å². The van der Waals surface area contributed by atoms with Crippen molar-refractivity contribution >= 4 is 17.7 Å². The number of allylic oxidation sites excluding steroid dienone is 3. The lowest BCUT2D eigenvalue weighted by Gasteiger charge is -2.34. The van der Waals surface area contributed by atoms with Crippen molar-refractivity contribution in [1.82, 2.24) is 5.32 Å². The first-order chi connectivity index (χ1) is 13.4. The van der Waals surface area contributed by atoms with Crippen LogP contribution in [0.3, 0.4) is 0 Å². The third-order valence-electron chi connectivity index (χ3n) is 4.85. The van der Waals surface area contributed by atoms with Gasteiger partial charge in [0.15, 0.2) is 12.4 Å². The monoisotopic (exact) mass is 385 g/mol. The lowest BCUT2D eigenvalue weighted by molar-refractivity contribution is -0.140. The summed E-state index contributed by atoms with van der Waals surface area (Å²) in [7, 11) is 0. The van der Waals surface area contributed by atoms with E-state index < -0.39 is 24.5 Å². The number of Topliss-reactive ketones (excluding diaryl/α,β-unsaturated/α-hetero) is 1. The number of rotatable bonds is 6. The maximum Gasteiger partial charge on any atom is 0.341 e. The number of ether oxygens (including phenoxy) is 2. The van der Waals surface area contributed by atoms with Gasteiger partial charge in [-0.1, -0.05) is 18.2 Å². The second kappa shape index (κ2) is 8.29. The molecule has 0 amide bonds. The van der Waals surface area contributed by atoms with E-state index in [2.05, 4.69) is 5.32 Å². The number of hydrogen-bond donors (Lipinski definition) is 2. The standard InChI is InChI=1S/C21H23NO6/c1-3-27-21(26)18-12(2)22-14-8-6-9-15(23)20(14)19(18)13-7-4-5-10-16(13)28-11-17(24)25/h4-5,7,10,19,22H,3,6,8-9,11H2,1-2H3,(H,24,25)/t19-/m0/s1. The molecule has 28 heavy (non-hydrogen) atoms. The van der Waals surface area contributed by atoms with Crippen LogP contribution in [-0.2, 0) is 19.1 Å². The molecule has 2 aliphatic rings. The molecule has 7 heteroatoms. The minimum Gasteiger partial charge on any atom is -0.482 e. The number of aliphatic carboxylic acids is 1. The second-order valence-electron chi connectivity index (χ2n) is 6.71. The summed E-state index contributed by atoms with van der Waals surface area (Å²) in [5.41, 5.74) is 2.90. The summed E-state index contributed by atoms with van der Waals surface area (Å²) in [6.07, 6.45) is 1.87. The van der Waals surface area contributed by atoms with Crippen molar-refractivity contribution in [3.63, 3.8) is 0 Å². The Balaban J connectivity index is 2.15. The van der Waals surface area contributed by atoms with Gasteiger partial charge in [-0.2, -0.15) is 0 Å². The highest BCUT2D eigenvalue weighted by Gasteiger charge is 2.40. The van der Waals surface area contributed by atoms with Crippen LogP contribution < -0.4 is 10.1 Å². The molecular formula is C21H23NO6. The quantitative estimate of drug-likeness (QED) is 0.726. The lowest BCUT2D eigenvalue weighted by atomic mass is 9.75. The first-order valence-electron chi connectivity index (χ1n) is 9.28. The molecule has 1 aliphatic heterocycles. The maximum atomic E-state index is 12.8. The zero-order chi connectivity index (χ0) is 20.3. The molecule has 1 atom stereocenters. The van der Waals surface area contributed by atoms with Crippen molar-refractivity contribution in [2.24, 2.45) is 0 Å². The van der Waals surface area contributed by atoms with E-state index in [-0.39, 0.29) is 12.4 Å². The first-order valence-corrected chi connectivity index (χ1v) is 9.28. The van der Waals surface area contributed by atoms with E-state index in [4.69, 9.17) is 14.6 Å². The Morgan fingerprint density at radius 2 is 2.00 bits per heavy atom. The van der Waals surface area contributed by atoms with Gasteiger partial charge in [0, 0.05) is 29.0 Å². The van der Waals surface area contributed by atoms with Crippen LogP contribution in [0.2, 0.25) is 0 Å². The Morgan fingerprint density at radius 3 is 2.71 bits per heavy atom. The topological polar surface area (TPSA) is 102 Å². The normalized spacial score (nSPS) is 19.1. The largest absolute Gasteiger partial charge is 0.482 e. The molecule has 0 aromatic heterocycles. The Bertz CT molecular complexity index is 883. The number of carbonyl (C=O) groups excluding carboxylic acids is 2. The van der Waals surface area contributed by atoms with Gasteiger partial charge >= 0.3 is 11.9 Å². The number of benzene rings is 1. The SMILES string of the molecule is CCOC(=O)C1=C(C)NC2=C(C(=O)CCC2)[C@H]1c1ccccc1OCC(=O)O. The Kier molecular flexibility index (Phi) is 5.82. The number of carbonyl (C=O) groups is 3. The van der Waals surface area contributed by atoms with Gasteiger partial charge in [0.05, 0.1) is 18.1 Å². The zero-order valence-electron chi connectivity index (χ0n) is 15.9. The van der Waals surface area contributed by atoms with E-state index in [1.54, 1.807) is 38.1 Å². The summed E-state index contributed by atoms with van der Waals surface area (Å²) >= 11 is 0. The number of dihydropyridines is 1. The zero-order valence-corrected chi connectivity index (χ0v) is 15.9. The Labute approximate surface area is 163 Å². The van der Waals surface area contributed by atoms with Gasteiger partial charge in [0.25, 0.3) is 0 Å². The van der Waals surface area contributed by atoms with Gasteiger partial charge in [-0.3, -0.25) is 4.79 Å². The molecule has 0 saturated carbocycles. The number of para-hydroxylation sites is 1. The van der Waals surface area contributed by atoms with Crippen molar-refractivity contribution in [3.8, 4) is 5.75 Å². The van der Waals surface area contributed by atoms with Crippen LogP contribution in [0.4, 0.5) is 0 Å². The van der Waals surface area contributed by atoms with Gasteiger partial charge in [0.2, 0.25) is 0 Å². The molecule has 1 aliphatic carbocycles. The van der Waals surface area contributed by atoms with Crippen molar-refractivity contribution in [1.29, 1.82) is 0 Å². The molecular weight excluding hydrogens is 362 g/mol. The predicted molar refractivity (Wildman–Crippen MR) is 101 cm³/mol. The van der Waals surface area contributed by atoms with E-state index in [1.165, 1.54) is 0 Å². The van der Waals surface area contributed by atoms with E-state index in [1.807, 2.05) is 0 Å². The van der Waals surface area contributed by atoms with Gasteiger partial charge in [-0.15, -0.1) is 0 Å². The fourth-order valence-electron chi connectivity index (χ4n) is 3.76. The third kappa shape index (κ3) is 3.78. The predicted octanol–water partition coefficient (Wildman–Crippen LogP) is 2.68. The first kappa shape index (κ1) is 19.7. The fraction of sp³-hybridized carbons (Fsp3) is 0.381. The van der Waals surface area contributed by atoms with Crippen LogP contribution in [0, 0.1) is 0 Å². The Morgan fingerprint density at radius 1 is 1.25 bits per heavy atom. The average molecular weight is 385 g/mol. The van der Waals surface area contributed by atoms with Gasteiger partial charge in [0.1, 0.15) is 5.75 Å². The molecule has 2 N–H and O–H groups in total. The lowest BCUT2D eigenvalue weighted by Crippen LogP contribution is -2.34. The summed E-state index contributed by atoms with van der Waals surface area (Å²) in [6.45, 7) is 3.20. The second-order valence-corrected chi connectivity index (χ2v) is 6.71. The van der Waals surface area contributed by atoms with E-state index in [0.717, 1.165) is 12.1 Å². The Hall–Kier alpha value is -3.09. The number of carboxylic acid groups (broad SMARTS) is 1. The molecule has 1 aromatic rings. The van der Waals surface area contributed by atoms with E-state index >= 15 is 0 Å². The number of ketones is 1. The number of hydrogen-bond acceptors (Lipinski definition) is 6. The molecule has 148 valence electrons. The van der Waals surface area contributed by atoms with Crippen molar-refractivity contribution in [2.75, 3.05) is 13.2 Å². The van der Waals surface area contributed by atoms with Crippen LogP contribution in [-0.4, -0.2) is 36.0 Å². The molecule has 3 rings (SSSR count). The molecule has 0 radical (unpaired) electrons. The minimum atomic E-state index is -1.11. The molecule has 7 nitrogen and oxygen atoms in total. The van der Waals surface area contributed by atoms with Crippen LogP contribution >= 0.6 is 0 Å². The van der Waals surface area contributed by atoms with Crippen LogP contribution in [0.1, 0.15) is 44.6 Å². The van der Waals surface area contributed by atoms with E-state index in [9.17, 15) is 14.4 Å². The summed E-state index contributed by atoms with van der Waals surface area (Å²) < 4.78 is 10.7. The summed E-state index contributed by atoms with van der Waals surface area (Å²) in [5.74, 6) is -1.97. The minimum absolute atomic E-state index is 0.0268. The summed E-state index contributed by atoms with van der Waals surface area (Å²) in [6, 6.07) is 6.90. The fourth-order valence-corrected chi connectivity index (χ4v) is 3.76. The number of esters is 1. The van der Waals surface area contributed by atoms with Gasteiger partial charge in [-0.25, -0.2) is 9.59 Å². The van der Waals surface area contributed by atoms with Crippen LogP contribution in [0.25, 0.3) is 0 Å².